The lowest BCUT2D eigenvalue weighted by Crippen LogP contribution is -2.35. The van der Waals surface area contributed by atoms with Gasteiger partial charge in [0.1, 0.15) is 11.5 Å². The van der Waals surface area contributed by atoms with Gasteiger partial charge in [-0.1, -0.05) is 89.1 Å². The van der Waals surface area contributed by atoms with Crippen molar-refractivity contribution in [3.8, 4) is 11.5 Å². The van der Waals surface area contributed by atoms with Crippen LogP contribution in [-0.4, -0.2) is 34.1 Å². The Hall–Kier alpha value is -4.46. The average Bonchev–Trinajstić information content (AvgIpc) is 3.00. The Labute approximate surface area is 281 Å². The van der Waals surface area contributed by atoms with Gasteiger partial charge >= 0.3 is 23.9 Å². The Kier molecular flexibility index (Phi) is 9.34. The van der Waals surface area contributed by atoms with E-state index in [4.69, 9.17) is 9.47 Å². The van der Waals surface area contributed by atoms with E-state index >= 15 is 0 Å². The molecule has 5 rings (SSSR count). The predicted molar refractivity (Wildman–Crippen MR) is 185 cm³/mol. The number of hydrogen-bond donors (Lipinski definition) is 2. The van der Waals surface area contributed by atoms with E-state index in [2.05, 4.69) is 41.5 Å². The van der Waals surface area contributed by atoms with E-state index in [1.807, 2.05) is 62.4 Å². The van der Waals surface area contributed by atoms with Gasteiger partial charge in [0.05, 0.1) is 23.7 Å². The first kappa shape index (κ1) is 34.9. The van der Waals surface area contributed by atoms with Crippen molar-refractivity contribution >= 4 is 45.4 Å². The van der Waals surface area contributed by atoms with Crippen LogP contribution < -0.4 is 9.47 Å². The van der Waals surface area contributed by atoms with Crippen LogP contribution in [0.1, 0.15) is 92.2 Å². The molecule has 0 aromatic heterocycles. The van der Waals surface area contributed by atoms with Crippen LogP contribution in [0.3, 0.4) is 0 Å². The van der Waals surface area contributed by atoms with Gasteiger partial charge in [0, 0.05) is 21.5 Å². The van der Waals surface area contributed by atoms with Crippen LogP contribution in [-0.2, 0) is 30.0 Å². The zero-order valence-corrected chi connectivity index (χ0v) is 29.1. The lowest BCUT2D eigenvalue weighted by Gasteiger charge is -2.28. The summed E-state index contributed by atoms with van der Waals surface area (Å²) in [7, 11) is 0. The summed E-state index contributed by atoms with van der Waals surface area (Å²) < 4.78 is 12.5. The third-order valence-corrected chi connectivity index (χ3v) is 9.89. The highest BCUT2D eigenvalue weighted by molar-refractivity contribution is 6.13. The monoisotopic (exact) mass is 654 g/mol. The molecule has 4 atom stereocenters. The van der Waals surface area contributed by atoms with Crippen molar-refractivity contribution in [2.24, 2.45) is 23.7 Å². The number of carboxylic acid groups (broad SMARTS) is 2. The molecule has 3 aromatic carbocycles. The number of esters is 2. The van der Waals surface area contributed by atoms with Gasteiger partial charge in [-0.3, -0.25) is 19.2 Å². The van der Waals surface area contributed by atoms with Crippen molar-refractivity contribution < 1.29 is 38.9 Å². The van der Waals surface area contributed by atoms with Crippen LogP contribution in [0.25, 0.3) is 21.5 Å². The normalized spacial score (nSPS) is 21.8. The van der Waals surface area contributed by atoms with E-state index in [-0.39, 0.29) is 48.0 Å². The first-order chi connectivity index (χ1) is 22.4. The number of carboxylic acids is 2. The van der Waals surface area contributed by atoms with E-state index < -0.39 is 47.5 Å². The maximum atomic E-state index is 13.9. The van der Waals surface area contributed by atoms with E-state index in [0.29, 0.717) is 21.5 Å². The van der Waals surface area contributed by atoms with Crippen molar-refractivity contribution in [2.45, 2.75) is 91.9 Å². The van der Waals surface area contributed by atoms with Crippen molar-refractivity contribution in [3.05, 3.63) is 70.8 Å². The number of carbonyl (C=O) groups is 4. The molecule has 4 unspecified atom stereocenters. The summed E-state index contributed by atoms with van der Waals surface area (Å²) in [5.41, 5.74) is 3.19. The topological polar surface area (TPSA) is 127 Å². The zero-order valence-electron chi connectivity index (χ0n) is 29.1. The van der Waals surface area contributed by atoms with Crippen LogP contribution >= 0.6 is 0 Å². The molecule has 0 fully saturated rings. The molecule has 48 heavy (non-hydrogen) atoms. The third kappa shape index (κ3) is 6.89. The minimum atomic E-state index is -1.04. The fraction of sp³-hybridized carbons (Fsp3) is 0.450. The number of aliphatic carboxylic acids is 2. The van der Waals surface area contributed by atoms with Gasteiger partial charge in [0.25, 0.3) is 0 Å². The van der Waals surface area contributed by atoms with Gasteiger partial charge in [-0.15, -0.1) is 0 Å². The molecule has 0 radical (unpaired) electrons. The molecule has 2 N–H and O–H groups in total. The maximum Gasteiger partial charge on any atom is 0.315 e. The molecule has 0 spiro atoms. The molecule has 0 saturated heterocycles. The minimum absolute atomic E-state index is 0.259. The minimum Gasteiger partial charge on any atom is -0.481 e. The van der Waals surface area contributed by atoms with Crippen LogP contribution in [0.2, 0.25) is 0 Å². The van der Waals surface area contributed by atoms with Gasteiger partial charge in [-0.25, -0.2) is 0 Å². The second-order valence-corrected chi connectivity index (χ2v) is 15.6. The Bertz CT molecular complexity index is 1740. The standard InChI is InChI=1S/C40H46O8/c1-21-9-13-27(31(17-21)35(41)42)37(45)47-33-25-15-11-24(40(6,7)8)20-30(25)34(26-16-12-23(19-29(26)33)39(3,4)5)48-38(46)28-14-10-22(2)18-32(28)36(43)44/h9-12,15-16,19-20,27-28,31-32H,13-14,17-18H2,1-8H3,(H,41,42)(H,43,44). The van der Waals surface area contributed by atoms with E-state index in [1.165, 1.54) is 0 Å². The molecule has 0 bridgehead atoms. The number of carbonyl (C=O) groups excluding carboxylic acids is 2. The average molecular weight is 655 g/mol. The molecule has 0 heterocycles. The number of fused-ring (bicyclic) bond motifs is 2. The van der Waals surface area contributed by atoms with Crippen LogP contribution in [0, 0.1) is 23.7 Å². The molecule has 0 amide bonds. The van der Waals surface area contributed by atoms with Gasteiger partial charge in [0.15, 0.2) is 0 Å². The molecule has 254 valence electrons. The lowest BCUT2D eigenvalue weighted by atomic mass is 9.80. The van der Waals surface area contributed by atoms with Gasteiger partial charge in [-0.05, 0) is 73.6 Å². The number of allylic oxidation sites excluding steroid dienone is 4. The predicted octanol–water partition coefficient (Wildman–Crippen LogP) is 8.51. The first-order valence-corrected chi connectivity index (χ1v) is 16.6. The Morgan fingerprint density at radius 2 is 0.938 bits per heavy atom. The molecule has 2 aliphatic rings. The number of hydrogen-bond acceptors (Lipinski definition) is 6. The van der Waals surface area contributed by atoms with E-state index in [0.717, 1.165) is 22.3 Å². The molecule has 3 aromatic rings. The molecule has 0 aliphatic heterocycles. The molecule has 2 aliphatic carbocycles. The Morgan fingerprint density at radius 1 is 0.583 bits per heavy atom. The summed E-state index contributed by atoms with van der Waals surface area (Å²) in [6, 6.07) is 11.5. The largest absolute Gasteiger partial charge is 0.481 e. The van der Waals surface area contributed by atoms with Crippen molar-refractivity contribution in [3.63, 3.8) is 0 Å². The van der Waals surface area contributed by atoms with Crippen molar-refractivity contribution in [2.75, 3.05) is 0 Å². The van der Waals surface area contributed by atoms with Crippen LogP contribution in [0.5, 0.6) is 11.5 Å². The number of ether oxygens (including phenoxy) is 2. The van der Waals surface area contributed by atoms with Crippen LogP contribution in [0.4, 0.5) is 0 Å². The molecular formula is C40H46O8. The summed E-state index contributed by atoms with van der Waals surface area (Å²) in [6.45, 7) is 16.1. The van der Waals surface area contributed by atoms with Crippen LogP contribution in [0.15, 0.2) is 59.7 Å². The first-order valence-electron chi connectivity index (χ1n) is 16.6. The highest BCUT2D eigenvalue weighted by Gasteiger charge is 2.39. The molecule has 8 heteroatoms. The van der Waals surface area contributed by atoms with Gasteiger partial charge < -0.3 is 19.7 Å². The summed E-state index contributed by atoms with van der Waals surface area (Å²) >= 11 is 0. The highest BCUT2D eigenvalue weighted by Crippen LogP contribution is 2.47. The smallest absolute Gasteiger partial charge is 0.315 e. The molecule has 0 saturated carbocycles. The summed E-state index contributed by atoms with van der Waals surface area (Å²) in [4.78, 5) is 52.3. The summed E-state index contributed by atoms with van der Waals surface area (Å²) in [5.74, 6) is -6.37. The zero-order chi connectivity index (χ0) is 35.3. The second kappa shape index (κ2) is 12.9. The third-order valence-electron chi connectivity index (χ3n) is 9.89. The number of rotatable bonds is 6. The highest BCUT2D eigenvalue weighted by atomic mass is 16.5. The van der Waals surface area contributed by atoms with Gasteiger partial charge in [-0.2, -0.15) is 0 Å². The fourth-order valence-corrected chi connectivity index (χ4v) is 6.83. The molecule has 8 nitrogen and oxygen atoms in total. The van der Waals surface area contributed by atoms with Gasteiger partial charge in [0.2, 0.25) is 0 Å². The second-order valence-electron chi connectivity index (χ2n) is 15.6. The Morgan fingerprint density at radius 3 is 1.25 bits per heavy atom. The lowest BCUT2D eigenvalue weighted by molar-refractivity contribution is -0.152. The fourth-order valence-electron chi connectivity index (χ4n) is 6.83. The quantitative estimate of drug-likeness (QED) is 0.117. The molecular weight excluding hydrogens is 608 g/mol. The summed E-state index contributed by atoms with van der Waals surface area (Å²) in [5, 5.41) is 22.1. The maximum absolute atomic E-state index is 13.9. The van der Waals surface area contributed by atoms with E-state index in [9.17, 15) is 29.4 Å². The number of benzene rings is 3. The van der Waals surface area contributed by atoms with Crippen molar-refractivity contribution in [1.29, 1.82) is 0 Å². The SMILES string of the molecule is CC1=CCC(C(=O)Oc2c3ccc(C(C)(C)C)cc3c(OC(=O)C3CC=C(C)CC3C(=O)O)c3ccc(C(C)(C)C)cc23)C(C(=O)O)C1. The van der Waals surface area contributed by atoms with Crippen molar-refractivity contribution in [1.82, 2.24) is 0 Å². The Balaban J connectivity index is 1.74. The van der Waals surface area contributed by atoms with E-state index in [1.54, 1.807) is 0 Å². The summed E-state index contributed by atoms with van der Waals surface area (Å²) in [6.07, 6.45) is 4.83.